The SMILES string of the molecule is O=Cc1ccc2c(c1)C(F)(F)c1cc(Br)ccc1-2. The minimum absolute atomic E-state index is 0.0186. The summed E-state index contributed by atoms with van der Waals surface area (Å²) < 4.78 is 29.2. The van der Waals surface area contributed by atoms with Gasteiger partial charge in [0, 0.05) is 21.2 Å². The van der Waals surface area contributed by atoms with Crippen LogP contribution >= 0.6 is 15.9 Å². The van der Waals surface area contributed by atoms with Crippen LogP contribution in [0, 0.1) is 0 Å². The standard InChI is InChI=1S/C14H7BrF2O/c15-9-2-4-11-10-3-1-8(7-18)5-12(10)14(16,17)13(11)6-9/h1-7H. The van der Waals surface area contributed by atoms with Crippen molar-refractivity contribution in [3.8, 4) is 11.1 Å². The second-order valence-corrected chi connectivity index (χ2v) is 5.10. The maximum atomic E-state index is 14.3. The number of carbonyl (C=O) groups is 1. The van der Waals surface area contributed by atoms with Gasteiger partial charge in [-0.25, -0.2) is 0 Å². The number of benzene rings is 2. The number of fused-ring (bicyclic) bond motifs is 3. The van der Waals surface area contributed by atoms with Gasteiger partial charge in [0.1, 0.15) is 6.29 Å². The molecular formula is C14H7BrF2O. The molecule has 0 bridgehead atoms. The van der Waals surface area contributed by atoms with E-state index in [0.717, 1.165) is 0 Å². The summed E-state index contributed by atoms with van der Waals surface area (Å²) in [5.41, 5.74) is 1.17. The van der Waals surface area contributed by atoms with Gasteiger partial charge in [-0.2, -0.15) is 8.78 Å². The summed E-state index contributed by atoms with van der Waals surface area (Å²) in [5, 5.41) is 0. The van der Waals surface area contributed by atoms with E-state index < -0.39 is 5.92 Å². The lowest BCUT2D eigenvalue weighted by molar-refractivity contribution is 0.0479. The van der Waals surface area contributed by atoms with Crippen LogP contribution in [0.5, 0.6) is 0 Å². The molecule has 4 heteroatoms. The van der Waals surface area contributed by atoms with Crippen molar-refractivity contribution >= 4 is 22.2 Å². The van der Waals surface area contributed by atoms with Crippen LogP contribution in [0.25, 0.3) is 11.1 Å². The highest BCUT2D eigenvalue weighted by molar-refractivity contribution is 9.10. The Morgan fingerprint density at radius 3 is 2.28 bits per heavy atom. The fourth-order valence-electron chi connectivity index (χ4n) is 2.29. The molecule has 90 valence electrons. The van der Waals surface area contributed by atoms with Crippen molar-refractivity contribution in [1.82, 2.24) is 0 Å². The van der Waals surface area contributed by atoms with E-state index in [2.05, 4.69) is 15.9 Å². The van der Waals surface area contributed by atoms with Crippen LogP contribution in [0.4, 0.5) is 8.78 Å². The smallest absolute Gasteiger partial charge is 0.298 e. The van der Waals surface area contributed by atoms with Gasteiger partial charge in [0.2, 0.25) is 0 Å². The van der Waals surface area contributed by atoms with Gasteiger partial charge in [0.15, 0.2) is 0 Å². The van der Waals surface area contributed by atoms with Gasteiger partial charge in [-0.05, 0) is 29.3 Å². The van der Waals surface area contributed by atoms with E-state index >= 15 is 0 Å². The lowest BCUT2D eigenvalue weighted by atomic mass is 10.0. The number of rotatable bonds is 1. The van der Waals surface area contributed by atoms with E-state index in [0.29, 0.717) is 21.9 Å². The molecule has 0 amide bonds. The molecular weight excluding hydrogens is 302 g/mol. The molecule has 0 radical (unpaired) electrons. The molecule has 0 saturated carbocycles. The zero-order chi connectivity index (χ0) is 12.9. The molecule has 1 aliphatic rings. The van der Waals surface area contributed by atoms with Gasteiger partial charge in [-0.1, -0.05) is 34.1 Å². The van der Waals surface area contributed by atoms with E-state index in [1.54, 1.807) is 24.3 Å². The fraction of sp³-hybridized carbons (Fsp3) is 0.0714. The van der Waals surface area contributed by atoms with Gasteiger partial charge >= 0.3 is 0 Å². The first-order valence-corrected chi connectivity index (χ1v) is 6.11. The summed E-state index contributed by atoms with van der Waals surface area (Å²) in [5.74, 6) is -3.05. The van der Waals surface area contributed by atoms with Crippen LogP contribution in [0.3, 0.4) is 0 Å². The largest absolute Gasteiger partial charge is 0.299 e. The molecule has 0 fully saturated rings. The van der Waals surface area contributed by atoms with E-state index in [4.69, 9.17) is 0 Å². The summed E-state index contributed by atoms with van der Waals surface area (Å²) in [4.78, 5) is 10.7. The van der Waals surface area contributed by atoms with Crippen molar-refractivity contribution in [3.05, 3.63) is 57.6 Å². The first kappa shape index (κ1) is 11.5. The minimum Gasteiger partial charge on any atom is -0.298 e. The van der Waals surface area contributed by atoms with Crippen molar-refractivity contribution in [2.45, 2.75) is 5.92 Å². The Hall–Kier alpha value is -1.55. The van der Waals surface area contributed by atoms with Crippen LogP contribution < -0.4 is 0 Å². The highest BCUT2D eigenvalue weighted by Gasteiger charge is 2.44. The summed E-state index contributed by atoms with van der Waals surface area (Å²) in [6.45, 7) is 0. The van der Waals surface area contributed by atoms with Crippen LogP contribution in [-0.2, 0) is 5.92 Å². The highest BCUT2D eigenvalue weighted by atomic mass is 79.9. The van der Waals surface area contributed by atoms with E-state index in [9.17, 15) is 13.6 Å². The van der Waals surface area contributed by atoms with Crippen LogP contribution in [0.2, 0.25) is 0 Å². The average molecular weight is 309 g/mol. The molecule has 0 aromatic heterocycles. The van der Waals surface area contributed by atoms with Crippen molar-refractivity contribution in [1.29, 1.82) is 0 Å². The van der Waals surface area contributed by atoms with E-state index in [1.165, 1.54) is 12.1 Å². The number of alkyl halides is 2. The maximum absolute atomic E-state index is 14.3. The first-order valence-electron chi connectivity index (χ1n) is 5.32. The number of aldehydes is 1. The van der Waals surface area contributed by atoms with Gasteiger partial charge in [-0.15, -0.1) is 0 Å². The molecule has 18 heavy (non-hydrogen) atoms. The van der Waals surface area contributed by atoms with Gasteiger partial charge in [-0.3, -0.25) is 4.79 Å². The molecule has 2 aromatic carbocycles. The first-order chi connectivity index (χ1) is 8.54. The number of carbonyl (C=O) groups excluding carboxylic acids is 1. The summed E-state index contributed by atoms with van der Waals surface area (Å²) in [6.07, 6.45) is 0.579. The molecule has 0 atom stereocenters. The zero-order valence-electron chi connectivity index (χ0n) is 9.08. The second-order valence-electron chi connectivity index (χ2n) is 4.19. The summed E-state index contributed by atoms with van der Waals surface area (Å²) in [6, 6.07) is 9.22. The Morgan fingerprint density at radius 1 is 1.00 bits per heavy atom. The summed E-state index contributed by atoms with van der Waals surface area (Å²) >= 11 is 3.20. The topological polar surface area (TPSA) is 17.1 Å². The lowest BCUT2D eigenvalue weighted by Crippen LogP contribution is -2.11. The van der Waals surface area contributed by atoms with Gasteiger partial charge in [0.25, 0.3) is 5.92 Å². The third kappa shape index (κ3) is 1.45. The Balaban J connectivity index is 2.34. The molecule has 0 unspecified atom stereocenters. The fourth-order valence-corrected chi connectivity index (χ4v) is 2.65. The monoisotopic (exact) mass is 308 g/mol. The Labute approximate surface area is 111 Å². The maximum Gasteiger partial charge on any atom is 0.299 e. The van der Waals surface area contributed by atoms with E-state index in [-0.39, 0.29) is 16.7 Å². The second kappa shape index (κ2) is 3.72. The lowest BCUT2D eigenvalue weighted by Gasteiger charge is -2.12. The van der Waals surface area contributed by atoms with Crippen molar-refractivity contribution in [2.24, 2.45) is 0 Å². The minimum atomic E-state index is -3.05. The Morgan fingerprint density at radius 2 is 1.61 bits per heavy atom. The third-order valence-electron chi connectivity index (χ3n) is 3.13. The highest BCUT2D eigenvalue weighted by Crippen LogP contribution is 2.51. The molecule has 0 spiro atoms. The quantitative estimate of drug-likeness (QED) is 0.714. The molecule has 0 N–H and O–H groups in total. The molecule has 3 rings (SSSR count). The van der Waals surface area contributed by atoms with Gasteiger partial charge < -0.3 is 0 Å². The Kier molecular flexibility index (Phi) is 2.38. The predicted molar refractivity (Wildman–Crippen MR) is 68.0 cm³/mol. The van der Waals surface area contributed by atoms with Crippen LogP contribution in [0.15, 0.2) is 40.9 Å². The van der Waals surface area contributed by atoms with Crippen molar-refractivity contribution in [2.75, 3.05) is 0 Å². The van der Waals surface area contributed by atoms with Gasteiger partial charge in [0.05, 0.1) is 0 Å². The van der Waals surface area contributed by atoms with Crippen LogP contribution in [0.1, 0.15) is 21.5 Å². The number of hydrogen-bond donors (Lipinski definition) is 0. The molecule has 0 heterocycles. The number of hydrogen-bond acceptors (Lipinski definition) is 1. The molecule has 2 aromatic rings. The van der Waals surface area contributed by atoms with Crippen molar-refractivity contribution in [3.63, 3.8) is 0 Å². The molecule has 1 nitrogen and oxygen atoms in total. The normalized spacial score (nSPS) is 15.1. The Bertz CT molecular complexity index is 665. The number of halogens is 3. The van der Waals surface area contributed by atoms with Crippen molar-refractivity contribution < 1.29 is 13.6 Å². The summed E-state index contributed by atoms with van der Waals surface area (Å²) in [7, 11) is 0. The zero-order valence-corrected chi connectivity index (χ0v) is 10.7. The van der Waals surface area contributed by atoms with Crippen LogP contribution in [-0.4, -0.2) is 6.29 Å². The third-order valence-corrected chi connectivity index (χ3v) is 3.62. The molecule has 1 aliphatic carbocycles. The average Bonchev–Trinajstić information content (AvgIpc) is 2.58. The molecule has 0 aliphatic heterocycles. The van der Waals surface area contributed by atoms with E-state index in [1.807, 2.05) is 0 Å². The predicted octanol–water partition coefficient (Wildman–Crippen LogP) is 4.38. The molecule has 0 saturated heterocycles.